The van der Waals surface area contributed by atoms with Crippen LogP contribution < -0.4 is 5.32 Å². The number of rotatable bonds is 1. The number of hydrogen-bond acceptors (Lipinski definition) is 4. The van der Waals surface area contributed by atoms with Gasteiger partial charge in [0.25, 0.3) is 0 Å². The van der Waals surface area contributed by atoms with Gasteiger partial charge >= 0.3 is 5.97 Å². The number of aliphatic carboxylic acids is 1. The number of piperidine rings is 1. The second kappa shape index (κ2) is 3.96. The van der Waals surface area contributed by atoms with Crippen LogP contribution in [-0.2, 0) is 4.79 Å². The van der Waals surface area contributed by atoms with Crippen molar-refractivity contribution < 1.29 is 9.90 Å². The Kier molecular flexibility index (Phi) is 2.96. The van der Waals surface area contributed by atoms with Crippen LogP contribution in [0.2, 0.25) is 0 Å². The molecule has 2 fully saturated rings. The molecule has 0 bridgehead atoms. The van der Waals surface area contributed by atoms with E-state index in [-0.39, 0.29) is 10.9 Å². The van der Waals surface area contributed by atoms with Crippen molar-refractivity contribution >= 4 is 17.7 Å². The molecule has 2 saturated heterocycles. The highest BCUT2D eigenvalue weighted by molar-refractivity contribution is 8.01. The molecule has 0 aliphatic carbocycles. The van der Waals surface area contributed by atoms with Gasteiger partial charge in [-0.15, -0.1) is 11.8 Å². The van der Waals surface area contributed by atoms with Crippen molar-refractivity contribution in [1.82, 2.24) is 10.2 Å². The first-order valence-electron chi connectivity index (χ1n) is 5.37. The molecule has 0 aromatic heterocycles. The lowest BCUT2D eigenvalue weighted by Gasteiger charge is -2.41. The van der Waals surface area contributed by atoms with Crippen LogP contribution >= 0.6 is 11.8 Å². The van der Waals surface area contributed by atoms with Crippen molar-refractivity contribution in [3.63, 3.8) is 0 Å². The Balaban J connectivity index is 2.01. The molecule has 0 aromatic carbocycles. The fraction of sp³-hybridized carbons (Fsp3) is 0.900. The fourth-order valence-electron chi connectivity index (χ4n) is 2.35. The van der Waals surface area contributed by atoms with E-state index in [1.54, 1.807) is 11.8 Å². The van der Waals surface area contributed by atoms with E-state index in [9.17, 15) is 4.79 Å². The fourth-order valence-corrected chi connectivity index (χ4v) is 3.88. The summed E-state index contributed by atoms with van der Waals surface area (Å²) in [5.74, 6) is -0.0165. The van der Waals surface area contributed by atoms with E-state index >= 15 is 0 Å². The minimum atomic E-state index is -0.717. The smallest absolute Gasteiger partial charge is 0.321 e. The predicted molar refractivity (Wildman–Crippen MR) is 61.1 cm³/mol. The molecule has 2 aliphatic heterocycles. The van der Waals surface area contributed by atoms with Crippen molar-refractivity contribution in [1.29, 1.82) is 0 Å². The van der Waals surface area contributed by atoms with Crippen molar-refractivity contribution in [2.45, 2.75) is 36.7 Å². The molecule has 15 heavy (non-hydrogen) atoms. The summed E-state index contributed by atoms with van der Waals surface area (Å²) < 4.78 is 0. The highest BCUT2D eigenvalue weighted by Gasteiger charge is 2.45. The summed E-state index contributed by atoms with van der Waals surface area (Å²) in [4.78, 5) is 13.2. The number of nitrogens with one attached hydrogen (secondary N) is 1. The van der Waals surface area contributed by atoms with Gasteiger partial charge in [0.05, 0.1) is 4.87 Å². The summed E-state index contributed by atoms with van der Waals surface area (Å²) >= 11 is 1.79. The zero-order valence-electron chi connectivity index (χ0n) is 9.19. The second-order valence-corrected chi connectivity index (χ2v) is 6.03. The summed E-state index contributed by atoms with van der Waals surface area (Å²) in [5, 5.41) is 12.3. The Morgan fingerprint density at radius 2 is 2.40 bits per heavy atom. The molecule has 86 valence electrons. The van der Waals surface area contributed by atoms with Crippen LogP contribution in [-0.4, -0.2) is 52.3 Å². The largest absolute Gasteiger partial charge is 0.480 e. The Morgan fingerprint density at radius 3 is 2.93 bits per heavy atom. The van der Waals surface area contributed by atoms with Crippen LogP contribution in [0, 0.1) is 0 Å². The van der Waals surface area contributed by atoms with Crippen molar-refractivity contribution in [3.8, 4) is 0 Å². The number of hydrogen-bond donors (Lipinski definition) is 2. The maximum absolute atomic E-state index is 10.9. The summed E-state index contributed by atoms with van der Waals surface area (Å²) in [7, 11) is 2.13. The summed E-state index contributed by atoms with van der Waals surface area (Å²) in [5.41, 5.74) is 0. The molecule has 3 atom stereocenters. The molecular weight excluding hydrogens is 212 g/mol. The Bertz CT molecular complexity index is 274. The van der Waals surface area contributed by atoms with Crippen LogP contribution in [0.3, 0.4) is 0 Å². The van der Waals surface area contributed by atoms with Crippen LogP contribution in [0.15, 0.2) is 0 Å². The van der Waals surface area contributed by atoms with Crippen LogP contribution in [0.1, 0.15) is 19.8 Å². The molecule has 2 rings (SSSR count). The number of carbonyl (C=O) groups is 1. The lowest BCUT2D eigenvalue weighted by molar-refractivity contribution is -0.139. The van der Waals surface area contributed by atoms with Crippen LogP contribution in [0.25, 0.3) is 0 Å². The molecule has 2 heterocycles. The van der Waals surface area contributed by atoms with E-state index in [2.05, 4.69) is 24.2 Å². The Labute approximate surface area is 94.4 Å². The SMILES string of the molecule is CC1CC2(CCN1C)N[C@H](C(=O)O)CS2. The van der Waals surface area contributed by atoms with Crippen LogP contribution in [0.4, 0.5) is 0 Å². The maximum atomic E-state index is 10.9. The quantitative estimate of drug-likeness (QED) is 0.690. The minimum Gasteiger partial charge on any atom is -0.480 e. The van der Waals surface area contributed by atoms with E-state index in [1.165, 1.54) is 0 Å². The number of nitrogens with zero attached hydrogens (tertiary/aromatic N) is 1. The van der Waals surface area contributed by atoms with Crippen molar-refractivity contribution in [2.24, 2.45) is 0 Å². The Morgan fingerprint density at radius 1 is 1.67 bits per heavy atom. The molecule has 0 amide bonds. The lowest BCUT2D eigenvalue weighted by atomic mass is 9.97. The van der Waals surface area contributed by atoms with E-state index in [0.29, 0.717) is 11.8 Å². The molecular formula is C10H18N2O2S. The topological polar surface area (TPSA) is 52.6 Å². The van der Waals surface area contributed by atoms with Gasteiger partial charge in [-0.2, -0.15) is 0 Å². The third-order valence-electron chi connectivity index (χ3n) is 3.51. The molecule has 1 spiro atoms. The number of carboxylic acids is 1. The molecule has 2 N–H and O–H groups in total. The van der Waals surface area contributed by atoms with Gasteiger partial charge in [0.2, 0.25) is 0 Å². The number of thioether (sulfide) groups is 1. The lowest BCUT2D eigenvalue weighted by Crippen LogP contribution is -2.53. The molecule has 2 unspecified atom stereocenters. The first kappa shape index (κ1) is 11.2. The average molecular weight is 230 g/mol. The van der Waals surface area contributed by atoms with Gasteiger partial charge < -0.3 is 10.0 Å². The van der Waals surface area contributed by atoms with Gasteiger partial charge in [0.15, 0.2) is 0 Å². The van der Waals surface area contributed by atoms with Gasteiger partial charge in [-0.25, -0.2) is 0 Å². The average Bonchev–Trinajstić information content (AvgIpc) is 2.57. The van der Waals surface area contributed by atoms with Crippen molar-refractivity contribution in [2.75, 3.05) is 19.3 Å². The molecule has 2 aliphatic rings. The third kappa shape index (κ3) is 2.14. The second-order valence-electron chi connectivity index (χ2n) is 4.62. The van der Waals surface area contributed by atoms with Gasteiger partial charge in [0.1, 0.15) is 6.04 Å². The van der Waals surface area contributed by atoms with Crippen LogP contribution in [0.5, 0.6) is 0 Å². The minimum absolute atomic E-state index is 0.0228. The predicted octanol–water partition coefficient (Wildman–Crippen LogP) is 0.586. The number of likely N-dealkylation sites (tertiary alicyclic amines) is 1. The van der Waals surface area contributed by atoms with Gasteiger partial charge in [-0.1, -0.05) is 0 Å². The highest BCUT2D eigenvalue weighted by Crippen LogP contribution is 2.40. The maximum Gasteiger partial charge on any atom is 0.321 e. The van der Waals surface area contributed by atoms with Gasteiger partial charge in [-0.3, -0.25) is 10.1 Å². The molecule has 4 nitrogen and oxygen atoms in total. The number of carboxylic acid groups (broad SMARTS) is 1. The first-order chi connectivity index (χ1) is 7.02. The molecule has 0 radical (unpaired) electrons. The molecule has 0 saturated carbocycles. The molecule has 0 aromatic rings. The van der Waals surface area contributed by atoms with Crippen molar-refractivity contribution in [3.05, 3.63) is 0 Å². The van der Waals surface area contributed by atoms with E-state index < -0.39 is 5.97 Å². The zero-order valence-corrected chi connectivity index (χ0v) is 10.0. The normalized spacial score (nSPS) is 42.3. The summed E-state index contributed by atoms with van der Waals surface area (Å²) in [6.45, 7) is 3.25. The zero-order chi connectivity index (χ0) is 11.1. The van der Waals surface area contributed by atoms with E-state index in [4.69, 9.17) is 5.11 Å². The molecule has 5 heteroatoms. The first-order valence-corrected chi connectivity index (χ1v) is 6.36. The van der Waals surface area contributed by atoms with E-state index in [1.807, 2.05) is 0 Å². The standard InChI is InChI=1S/C10H18N2O2S/c1-7-5-10(3-4-12(7)2)11-8(6-15-10)9(13)14/h7-8,11H,3-6H2,1-2H3,(H,13,14)/t7?,8-,10?/m0/s1. The monoisotopic (exact) mass is 230 g/mol. The Hall–Kier alpha value is -0.260. The summed E-state index contributed by atoms with van der Waals surface area (Å²) in [6, 6.07) is 0.178. The third-order valence-corrected chi connectivity index (χ3v) is 5.05. The van der Waals surface area contributed by atoms with Gasteiger partial charge in [-0.05, 0) is 26.8 Å². The highest BCUT2D eigenvalue weighted by atomic mass is 32.2. The van der Waals surface area contributed by atoms with E-state index in [0.717, 1.165) is 19.4 Å². The summed E-state index contributed by atoms with van der Waals surface area (Å²) in [6.07, 6.45) is 2.08. The van der Waals surface area contributed by atoms with Gasteiger partial charge in [0, 0.05) is 18.3 Å².